The van der Waals surface area contributed by atoms with Crippen molar-refractivity contribution in [2.24, 2.45) is 28.0 Å². The zero-order valence-corrected chi connectivity index (χ0v) is 24.9. The van der Waals surface area contributed by atoms with Crippen LogP contribution in [0.3, 0.4) is 0 Å². The normalized spacial score (nSPS) is 16.5. The highest BCUT2D eigenvalue weighted by molar-refractivity contribution is 7.16. The number of fused-ring (bicyclic) bond motifs is 1. The molecule has 1 aliphatic rings. The van der Waals surface area contributed by atoms with Gasteiger partial charge >= 0.3 is 12.1 Å². The van der Waals surface area contributed by atoms with Crippen LogP contribution < -0.4 is 15.4 Å². The molecule has 8 nitrogen and oxygen atoms in total. The minimum atomic E-state index is -4.72. The van der Waals surface area contributed by atoms with Gasteiger partial charge in [0.1, 0.15) is 0 Å². The number of aromatic nitrogens is 2. The molecular formula is C30H37F3N4O4S. The zero-order valence-electron chi connectivity index (χ0n) is 24.1. The van der Waals surface area contributed by atoms with Gasteiger partial charge in [-0.3, -0.25) is 19.6 Å². The number of halogens is 3. The van der Waals surface area contributed by atoms with E-state index in [1.807, 2.05) is 25.3 Å². The number of unbranched alkanes of at least 4 members (excludes halogenated alkanes) is 1. The number of carbonyl (C=O) groups excluding carboxylic acids is 2. The molecule has 1 aliphatic carbocycles. The van der Waals surface area contributed by atoms with E-state index in [0.29, 0.717) is 24.0 Å². The van der Waals surface area contributed by atoms with Crippen molar-refractivity contribution in [2.75, 3.05) is 6.54 Å². The number of hydrogen-bond acceptors (Lipinski definition) is 7. The molecule has 1 saturated carbocycles. The molecule has 2 N–H and O–H groups in total. The topological polar surface area (TPSA) is 109 Å². The van der Waals surface area contributed by atoms with Crippen LogP contribution in [0.25, 0.3) is 10.2 Å². The molecule has 0 spiro atoms. The van der Waals surface area contributed by atoms with E-state index in [-0.39, 0.29) is 11.7 Å². The molecule has 3 aromatic rings. The van der Waals surface area contributed by atoms with E-state index in [4.69, 9.17) is 15.5 Å². The lowest BCUT2D eigenvalue weighted by Crippen LogP contribution is -2.46. The van der Waals surface area contributed by atoms with Crippen molar-refractivity contribution >= 4 is 33.4 Å². The van der Waals surface area contributed by atoms with Gasteiger partial charge in [0.2, 0.25) is 0 Å². The molecule has 0 aliphatic heterocycles. The number of carbonyl (C=O) groups is 2. The summed E-state index contributed by atoms with van der Waals surface area (Å²) in [6, 6.07) is 4.20. The molecule has 0 unspecified atom stereocenters. The highest BCUT2D eigenvalue weighted by Crippen LogP contribution is 2.45. The quantitative estimate of drug-likeness (QED) is 0.204. The Balaban J connectivity index is 1.69. The van der Waals surface area contributed by atoms with Crippen LogP contribution in [0.4, 0.5) is 13.2 Å². The lowest BCUT2D eigenvalue weighted by Gasteiger charge is -2.43. The highest BCUT2D eigenvalue weighted by Gasteiger charge is 2.46. The molecule has 4 rings (SSSR count). The first kappa shape index (κ1) is 31.7. The molecule has 0 saturated heterocycles. The van der Waals surface area contributed by atoms with Gasteiger partial charge in [-0.25, -0.2) is 4.79 Å². The summed E-state index contributed by atoms with van der Waals surface area (Å²) >= 11 is 1.23. The van der Waals surface area contributed by atoms with Crippen molar-refractivity contribution < 1.29 is 32.5 Å². The maximum absolute atomic E-state index is 13.6. The third-order valence-corrected chi connectivity index (χ3v) is 9.06. The fraction of sp³-hybridized carbons (Fsp3) is 0.533. The van der Waals surface area contributed by atoms with Crippen LogP contribution in [0, 0.1) is 17.3 Å². The molecule has 1 amide bonds. The van der Waals surface area contributed by atoms with Gasteiger partial charge < -0.3 is 10.3 Å². The average molecular weight is 607 g/mol. The Bertz CT molecular complexity index is 1480. The molecule has 42 heavy (non-hydrogen) atoms. The Morgan fingerprint density at radius 3 is 2.57 bits per heavy atom. The summed E-state index contributed by atoms with van der Waals surface area (Å²) in [5.74, 6) is -2.65. The van der Waals surface area contributed by atoms with Gasteiger partial charge in [-0.2, -0.15) is 18.2 Å². The second-order valence-corrected chi connectivity index (χ2v) is 12.2. The van der Waals surface area contributed by atoms with E-state index in [9.17, 15) is 22.8 Å². The third kappa shape index (κ3) is 6.86. The van der Waals surface area contributed by atoms with Crippen molar-refractivity contribution in [1.29, 1.82) is 0 Å². The smallest absolute Gasteiger partial charge is 0.330 e. The summed E-state index contributed by atoms with van der Waals surface area (Å²) in [4.78, 5) is 46.1. The summed E-state index contributed by atoms with van der Waals surface area (Å²) in [5, 5.41) is 0. The molecule has 228 valence electrons. The number of nitrogens with zero attached hydrogens (tertiary/aromatic N) is 3. The fourth-order valence-corrected chi connectivity index (χ4v) is 6.91. The van der Waals surface area contributed by atoms with Crippen LogP contribution in [0.1, 0.15) is 81.6 Å². The maximum Gasteiger partial charge on any atom is 0.416 e. The molecular weight excluding hydrogens is 569 g/mol. The first-order chi connectivity index (χ1) is 20.0. The highest BCUT2D eigenvalue weighted by atomic mass is 32.1. The molecule has 1 atom stereocenters. The standard InChI is InChI=1S/C30H37F3N4O4S/c1-4-5-15-37-22-17-35-14-11-24(22)42-28(37)36-26(38)21-16-20(30(31,32)33)9-10-23(21)40-41-27(39)25(19(2)3)29(18-34)12-7-6-8-13-29/h9-11,14,16-17,19,25H,4-8,12-13,15,18,34H2,1-3H3/t25-/m1/s1. The van der Waals surface area contributed by atoms with Gasteiger partial charge in [-0.1, -0.05) is 57.8 Å². The summed E-state index contributed by atoms with van der Waals surface area (Å²) in [7, 11) is 0. The molecule has 1 aromatic carbocycles. The SMILES string of the molecule is CCCCn1c(=NC(=O)c2cc(C(F)(F)F)ccc2OOC(=O)[C@@H](C(C)C)C2(CN)CCCCC2)sc2ccncc21. The van der Waals surface area contributed by atoms with Gasteiger partial charge in [0, 0.05) is 12.7 Å². The van der Waals surface area contributed by atoms with Crippen LogP contribution in [0.5, 0.6) is 5.75 Å². The predicted molar refractivity (Wildman–Crippen MR) is 153 cm³/mol. The van der Waals surface area contributed by atoms with Crippen LogP contribution in [0.15, 0.2) is 41.7 Å². The zero-order chi connectivity index (χ0) is 30.5. The Labute approximate surface area is 246 Å². The third-order valence-electron chi connectivity index (χ3n) is 8.00. The maximum atomic E-state index is 13.6. The summed E-state index contributed by atoms with van der Waals surface area (Å²) in [6.45, 7) is 6.68. The van der Waals surface area contributed by atoms with Crippen molar-refractivity contribution in [3.63, 3.8) is 0 Å². The fourth-order valence-electron chi connectivity index (χ4n) is 5.89. The first-order valence-corrected chi connectivity index (χ1v) is 15.1. The number of rotatable bonds is 10. The van der Waals surface area contributed by atoms with Gasteiger partial charge in [0.25, 0.3) is 5.91 Å². The summed E-state index contributed by atoms with van der Waals surface area (Å²) < 4.78 is 43.6. The number of benzene rings is 1. The number of thiazole rings is 1. The Morgan fingerprint density at radius 2 is 1.93 bits per heavy atom. The largest absolute Gasteiger partial charge is 0.416 e. The first-order valence-electron chi connectivity index (χ1n) is 14.3. The van der Waals surface area contributed by atoms with Gasteiger partial charge in [-0.05, 0) is 61.4 Å². The Kier molecular flexibility index (Phi) is 10.1. The summed E-state index contributed by atoms with van der Waals surface area (Å²) in [5.41, 5.74) is 4.96. The number of nitrogens with two attached hydrogens (primary N) is 1. The van der Waals surface area contributed by atoms with Crippen molar-refractivity contribution in [3.8, 4) is 5.75 Å². The monoisotopic (exact) mass is 606 g/mol. The number of aryl methyl sites for hydroxylation is 1. The molecule has 0 bridgehead atoms. The average Bonchev–Trinajstić information content (AvgIpc) is 3.31. The van der Waals surface area contributed by atoms with Crippen LogP contribution in [-0.4, -0.2) is 28.0 Å². The number of pyridine rings is 1. The predicted octanol–water partition coefficient (Wildman–Crippen LogP) is 6.68. The summed E-state index contributed by atoms with van der Waals surface area (Å²) in [6.07, 6.45) is 4.75. The Morgan fingerprint density at radius 1 is 1.19 bits per heavy atom. The van der Waals surface area contributed by atoms with Crippen molar-refractivity contribution in [2.45, 2.75) is 78.4 Å². The second kappa shape index (κ2) is 13.4. The van der Waals surface area contributed by atoms with Crippen molar-refractivity contribution in [1.82, 2.24) is 9.55 Å². The van der Waals surface area contributed by atoms with E-state index in [1.165, 1.54) is 11.3 Å². The number of hydrogen-bond donors (Lipinski definition) is 1. The van der Waals surface area contributed by atoms with E-state index in [0.717, 1.165) is 67.3 Å². The number of amides is 1. The van der Waals surface area contributed by atoms with Crippen molar-refractivity contribution in [3.05, 3.63) is 52.6 Å². The lowest BCUT2D eigenvalue weighted by atomic mass is 9.62. The van der Waals surface area contributed by atoms with Gasteiger partial charge in [-0.15, -0.1) is 0 Å². The minimum Gasteiger partial charge on any atom is -0.330 e. The van der Waals surface area contributed by atoms with Crippen LogP contribution in [0.2, 0.25) is 0 Å². The molecule has 2 heterocycles. The van der Waals surface area contributed by atoms with E-state index in [1.54, 1.807) is 18.5 Å². The van der Waals surface area contributed by atoms with Crippen LogP contribution in [-0.2, 0) is 22.4 Å². The van der Waals surface area contributed by atoms with Crippen LogP contribution >= 0.6 is 11.3 Å². The lowest BCUT2D eigenvalue weighted by molar-refractivity contribution is -0.226. The van der Waals surface area contributed by atoms with Gasteiger partial charge in [0.15, 0.2) is 10.6 Å². The Hall–Kier alpha value is -3.25. The second-order valence-electron chi connectivity index (χ2n) is 11.2. The van der Waals surface area contributed by atoms with E-state index < -0.39 is 40.5 Å². The van der Waals surface area contributed by atoms with Gasteiger partial charge in [0.05, 0.1) is 33.5 Å². The molecule has 12 heteroatoms. The van der Waals surface area contributed by atoms with E-state index in [2.05, 4.69) is 9.98 Å². The molecule has 0 radical (unpaired) electrons. The van der Waals surface area contributed by atoms with E-state index >= 15 is 0 Å². The minimum absolute atomic E-state index is 0.118. The number of alkyl halides is 3. The molecule has 1 fully saturated rings. The molecule has 2 aromatic heterocycles.